The molecule has 2 aromatic carbocycles. The Bertz CT molecular complexity index is 744. The number of carbonyl (C=O) groups is 2. The SMILES string of the molecule is C[C@H](OC(=O)c1ccccc1)C(=O)Nc1ccc2c(c1)OCCO2. The number of amides is 1. The van der Waals surface area contributed by atoms with Crippen LogP contribution in [0.5, 0.6) is 11.5 Å². The molecule has 0 aromatic heterocycles. The van der Waals surface area contributed by atoms with Crippen LogP contribution in [0.2, 0.25) is 0 Å². The molecule has 1 atom stereocenters. The normalized spacial score (nSPS) is 13.7. The van der Waals surface area contributed by atoms with Crippen molar-refractivity contribution in [2.45, 2.75) is 13.0 Å². The van der Waals surface area contributed by atoms with Crippen molar-refractivity contribution in [1.82, 2.24) is 0 Å². The van der Waals surface area contributed by atoms with Gasteiger partial charge in [0.2, 0.25) is 0 Å². The zero-order valence-corrected chi connectivity index (χ0v) is 13.2. The van der Waals surface area contributed by atoms with Crippen molar-refractivity contribution in [3.8, 4) is 11.5 Å². The van der Waals surface area contributed by atoms with Crippen molar-refractivity contribution in [3.63, 3.8) is 0 Å². The molecule has 6 nitrogen and oxygen atoms in total. The maximum Gasteiger partial charge on any atom is 0.338 e. The highest BCUT2D eigenvalue weighted by molar-refractivity contribution is 5.97. The highest BCUT2D eigenvalue weighted by Crippen LogP contribution is 2.32. The van der Waals surface area contributed by atoms with Gasteiger partial charge >= 0.3 is 5.97 Å². The molecule has 0 saturated heterocycles. The fraction of sp³-hybridized carbons (Fsp3) is 0.222. The number of benzene rings is 2. The van der Waals surface area contributed by atoms with Crippen LogP contribution < -0.4 is 14.8 Å². The number of anilines is 1. The van der Waals surface area contributed by atoms with Gasteiger partial charge in [0.25, 0.3) is 5.91 Å². The van der Waals surface area contributed by atoms with Crippen LogP contribution in [0.15, 0.2) is 48.5 Å². The van der Waals surface area contributed by atoms with Crippen molar-refractivity contribution in [2.24, 2.45) is 0 Å². The highest BCUT2D eigenvalue weighted by Gasteiger charge is 2.20. The molecule has 2 aromatic rings. The Labute approximate surface area is 139 Å². The van der Waals surface area contributed by atoms with Gasteiger partial charge in [0.15, 0.2) is 17.6 Å². The Morgan fingerprint density at radius 2 is 1.75 bits per heavy atom. The second kappa shape index (κ2) is 7.04. The quantitative estimate of drug-likeness (QED) is 0.874. The summed E-state index contributed by atoms with van der Waals surface area (Å²) in [6.07, 6.45) is -0.925. The zero-order valence-electron chi connectivity index (χ0n) is 13.2. The molecule has 0 fully saturated rings. The molecule has 1 aliphatic heterocycles. The predicted molar refractivity (Wildman–Crippen MR) is 87.4 cm³/mol. The number of carbonyl (C=O) groups excluding carboxylic acids is 2. The molecule has 1 aliphatic rings. The lowest BCUT2D eigenvalue weighted by Gasteiger charge is -2.19. The van der Waals surface area contributed by atoms with Crippen LogP contribution in [0, 0.1) is 0 Å². The molecule has 6 heteroatoms. The smallest absolute Gasteiger partial charge is 0.338 e. The predicted octanol–water partition coefficient (Wildman–Crippen LogP) is 2.64. The van der Waals surface area contributed by atoms with Crippen LogP contribution in [0.1, 0.15) is 17.3 Å². The van der Waals surface area contributed by atoms with E-state index < -0.39 is 18.0 Å². The van der Waals surface area contributed by atoms with E-state index >= 15 is 0 Å². The lowest BCUT2D eigenvalue weighted by molar-refractivity contribution is -0.123. The first-order valence-electron chi connectivity index (χ1n) is 7.60. The first-order chi connectivity index (χ1) is 11.6. The highest BCUT2D eigenvalue weighted by atomic mass is 16.6. The van der Waals surface area contributed by atoms with Gasteiger partial charge in [-0.1, -0.05) is 18.2 Å². The van der Waals surface area contributed by atoms with Crippen molar-refractivity contribution >= 4 is 17.6 Å². The van der Waals surface area contributed by atoms with Gasteiger partial charge in [-0.2, -0.15) is 0 Å². The number of hydrogen-bond acceptors (Lipinski definition) is 5. The van der Waals surface area contributed by atoms with Crippen LogP contribution in [-0.2, 0) is 9.53 Å². The lowest BCUT2D eigenvalue weighted by Crippen LogP contribution is -2.30. The average Bonchev–Trinajstić information content (AvgIpc) is 2.62. The van der Waals surface area contributed by atoms with Gasteiger partial charge in [-0.3, -0.25) is 4.79 Å². The Balaban J connectivity index is 1.61. The summed E-state index contributed by atoms with van der Waals surface area (Å²) in [5.74, 6) is 0.257. The number of ether oxygens (including phenoxy) is 3. The summed E-state index contributed by atoms with van der Waals surface area (Å²) in [7, 11) is 0. The van der Waals surface area contributed by atoms with Gasteiger partial charge in [-0.15, -0.1) is 0 Å². The average molecular weight is 327 g/mol. The Hall–Kier alpha value is -3.02. The maximum atomic E-state index is 12.2. The van der Waals surface area contributed by atoms with Crippen LogP contribution in [-0.4, -0.2) is 31.2 Å². The summed E-state index contributed by atoms with van der Waals surface area (Å²) in [5.41, 5.74) is 0.948. The molecular weight excluding hydrogens is 310 g/mol. The monoisotopic (exact) mass is 327 g/mol. The van der Waals surface area contributed by atoms with E-state index in [1.807, 2.05) is 0 Å². The van der Waals surface area contributed by atoms with Crippen LogP contribution in [0.3, 0.4) is 0 Å². The zero-order chi connectivity index (χ0) is 16.9. The molecule has 0 aliphatic carbocycles. The van der Waals surface area contributed by atoms with Gasteiger partial charge in [0.1, 0.15) is 13.2 Å². The minimum absolute atomic E-state index is 0.400. The van der Waals surface area contributed by atoms with E-state index in [0.717, 1.165) is 0 Å². The molecule has 24 heavy (non-hydrogen) atoms. The molecule has 1 heterocycles. The number of nitrogens with one attached hydrogen (secondary N) is 1. The molecule has 0 bridgehead atoms. The fourth-order valence-corrected chi connectivity index (χ4v) is 2.22. The lowest BCUT2D eigenvalue weighted by atomic mass is 10.2. The van der Waals surface area contributed by atoms with Crippen molar-refractivity contribution < 1.29 is 23.8 Å². The van der Waals surface area contributed by atoms with Crippen LogP contribution >= 0.6 is 0 Å². The topological polar surface area (TPSA) is 73.9 Å². The molecule has 3 rings (SSSR count). The largest absolute Gasteiger partial charge is 0.486 e. The van der Waals surface area contributed by atoms with Gasteiger partial charge < -0.3 is 19.5 Å². The number of rotatable bonds is 4. The summed E-state index contributed by atoms with van der Waals surface area (Å²) >= 11 is 0. The van der Waals surface area contributed by atoms with Gasteiger partial charge in [-0.05, 0) is 31.2 Å². The van der Waals surface area contributed by atoms with E-state index in [0.29, 0.717) is 36.0 Å². The summed E-state index contributed by atoms with van der Waals surface area (Å²) in [4.78, 5) is 24.2. The van der Waals surface area contributed by atoms with Crippen LogP contribution in [0.4, 0.5) is 5.69 Å². The first-order valence-corrected chi connectivity index (χ1v) is 7.60. The second-order valence-corrected chi connectivity index (χ2v) is 5.26. The Kier molecular flexibility index (Phi) is 4.65. The molecule has 124 valence electrons. The fourth-order valence-electron chi connectivity index (χ4n) is 2.22. The van der Waals surface area contributed by atoms with Crippen molar-refractivity contribution in [2.75, 3.05) is 18.5 Å². The van der Waals surface area contributed by atoms with Crippen LogP contribution in [0.25, 0.3) is 0 Å². The van der Waals surface area contributed by atoms with E-state index in [2.05, 4.69) is 5.32 Å². The third kappa shape index (κ3) is 3.65. The molecule has 0 saturated carbocycles. The van der Waals surface area contributed by atoms with Gasteiger partial charge in [-0.25, -0.2) is 4.79 Å². The van der Waals surface area contributed by atoms with E-state index in [1.165, 1.54) is 6.92 Å². The number of hydrogen-bond donors (Lipinski definition) is 1. The third-order valence-corrected chi connectivity index (χ3v) is 3.47. The second-order valence-electron chi connectivity index (χ2n) is 5.26. The van der Waals surface area contributed by atoms with E-state index in [4.69, 9.17) is 14.2 Å². The van der Waals surface area contributed by atoms with E-state index in [9.17, 15) is 9.59 Å². The molecule has 1 amide bonds. The van der Waals surface area contributed by atoms with Gasteiger partial charge in [0, 0.05) is 11.8 Å². The third-order valence-electron chi connectivity index (χ3n) is 3.47. The van der Waals surface area contributed by atoms with Gasteiger partial charge in [0.05, 0.1) is 5.56 Å². The summed E-state index contributed by atoms with van der Waals surface area (Å²) in [6.45, 7) is 2.49. The number of esters is 1. The summed E-state index contributed by atoms with van der Waals surface area (Å²) in [5, 5.41) is 2.70. The molecular formula is C18H17NO5. The Morgan fingerprint density at radius 3 is 2.50 bits per heavy atom. The summed E-state index contributed by atoms with van der Waals surface area (Å²) in [6, 6.07) is 13.6. The minimum Gasteiger partial charge on any atom is -0.486 e. The van der Waals surface area contributed by atoms with E-state index in [1.54, 1.807) is 48.5 Å². The first kappa shape index (κ1) is 15.9. The molecule has 1 N–H and O–H groups in total. The Morgan fingerprint density at radius 1 is 1.04 bits per heavy atom. The van der Waals surface area contributed by atoms with Crippen molar-refractivity contribution in [3.05, 3.63) is 54.1 Å². The van der Waals surface area contributed by atoms with E-state index in [-0.39, 0.29) is 0 Å². The molecule has 0 spiro atoms. The molecule has 0 unspecified atom stereocenters. The molecule has 0 radical (unpaired) electrons. The maximum absolute atomic E-state index is 12.2. The summed E-state index contributed by atoms with van der Waals surface area (Å²) < 4.78 is 16.1. The standard InChI is InChI=1S/C18H17NO5/c1-12(24-18(21)13-5-3-2-4-6-13)17(20)19-14-7-8-15-16(11-14)23-10-9-22-15/h2-8,11-12H,9-10H2,1H3,(H,19,20)/t12-/m0/s1. The van der Waals surface area contributed by atoms with Crippen molar-refractivity contribution in [1.29, 1.82) is 0 Å². The minimum atomic E-state index is -0.925. The number of fused-ring (bicyclic) bond motifs is 1.